The molecule has 1 aromatic heterocycles. The second-order valence-electron chi connectivity index (χ2n) is 5.40. The van der Waals surface area contributed by atoms with Gasteiger partial charge in [-0.25, -0.2) is 0 Å². The van der Waals surface area contributed by atoms with Gasteiger partial charge in [-0.05, 0) is 18.6 Å². The van der Waals surface area contributed by atoms with Crippen molar-refractivity contribution in [2.75, 3.05) is 0 Å². The van der Waals surface area contributed by atoms with E-state index in [0.29, 0.717) is 6.42 Å². The third kappa shape index (κ3) is 6.89. The van der Waals surface area contributed by atoms with Gasteiger partial charge in [-0.15, -0.1) is 0 Å². The summed E-state index contributed by atoms with van der Waals surface area (Å²) < 4.78 is 5.16. The molecule has 94 valence electrons. The second-order valence-corrected chi connectivity index (χ2v) is 11.0. The fraction of sp³-hybridized carbons (Fsp3) is 0.538. The van der Waals surface area contributed by atoms with Crippen molar-refractivity contribution in [3.05, 3.63) is 30.1 Å². The van der Waals surface area contributed by atoms with Gasteiger partial charge < -0.3 is 4.74 Å². The number of esters is 1. The summed E-state index contributed by atoms with van der Waals surface area (Å²) in [7, 11) is -1.03. The van der Waals surface area contributed by atoms with Crippen LogP contribution in [0.25, 0.3) is 0 Å². The lowest BCUT2D eigenvalue weighted by atomic mass is 10.3. The summed E-state index contributed by atoms with van der Waals surface area (Å²) in [6.07, 6.45) is 3.17. The van der Waals surface area contributed by atoms with Crippen LogP contribution in [0.1, 0.15) is 18.5 Å². The van der Waals surface area contributed by atoms with Gasteiger partial charge in [-0.2, -0.15) is 0 Å². The van der Waals surface area contributed by atoms with Crippen LogP contribution in [0, 0.1) is 0 Å². The molecule has 1 rings (SSSR count). The zero-order chi connectivity index (χ0) is 12.7. The van der Waals surface area contributed by atoms with Crippen molar-refractivity contribution in [1.82, 2.24) is 4.98 Å². The summed E-state index contributed by atoms with van der Waals surface area (Å²) in [4.78, 5) is 15.6. The highest BCUT2D eigenvalue weighted by Crippen LogP contribution is 2.13. The Bertz CT molecular complexity index is 346. The van der Waals surface area contributed by atoms with Crippen molar-refractivity contribution in [3.63, 3.8) is 0 Å². The van der Waals surface area contributed by atoms with E-state index in [1.165, 1.54) is 6.04 Å². The number of carbonyl (C=O) groups is 1. The Labute approximate surface area is 104 Å². The van der Waals surface area contributed by atoms with Crippen LogP contribution in [0.5, 0.6) is 0 Å². The molecular formula is C13H21NO2Si. The summed E-state index contributed by atoms with van der Waals surface area (Å²) in [5, 5.41) is 0. The first kappa shape index (κ1) is 13.9. The molecule has 17 heavy (non-hydrogen) atoms. The first-order chi connectivity index (χ1) is 7.97. The van der Waals surface area contributed by atoms with Gasteiger partial charge in [0.05, 0.1) is 5.69 Å². The van der Waals surface area contributed by atoms with Crippen LogP contribution < -0.4 is 0 Å². The summed E-state index contributed by atoms with van der Waals surface area (Å²) in [6, 6.07) is 6.77. The Morgan fingerprint density at radius 2 is 2.12 bits per heavy atom. The molecule has 0 spiro atoms. The lowest BCUT2D eigenvalue weighted by molar-refractivity contribution is -0.145. The molecule has 0 atom stereocenters. The van der Waals surface area contributed by atoms with Crippen LogP contribution in [0.4, 0.5) is 0 Å². The fourth-order valence-corrected chi connectivity index (χ4v) is 2.71. The Kier molecular flexibility index (Phi) is 5.35. The largest absolute Gasteiger partial charge is 0.459 e. The third-order valence-electron chi connectivity index (χ3n) is 2.41. The molecule has 0 aliphatic heterocycles. The van der Waals surface area contributed by atoms with Crippen LogP contribution in [-0.4, -0.2) is 19.0 Å². The predicted molar refractivity (Wildman–Crippen MR) is 71.4 cm³/mol. The minimum absolute atomic E-state index is 0.117. The molecule has 1 aromatic rings. The van der Waals surface area contributed by atoms with E-state index in [1.54, 1.807) is 6.20 Å². The molecule has 3 nitrogen and oxygen atoms in total. The SMILES string of the molecule is C[Si](C)(C)CCCC(=O)OCc1ccccn1. The van der Waals surface area contributed by atoms with Crippen molar-refractivity contribution >= 4 is 14.0 Å². The van der Waals surface area contributed by atoms with E-state index in [-0.39, 0.29) is 12.6 Å². The summed E-state index contributed by atoms with van der Waals surface area (Å²) in [5.41, 5.74) is 0.797. The quantitative estimate of drug-likeness (QED) is 0.575. The van der Waals surface area contributed by atoms with Gasteiger partial charge in [0.15, 0.2) is 0 Å². The molecule has 0 amide bonds. The average Bonchev–Trinajstić information content (AvgIpc) is 2.26. The zero-order valence-corrected chi connectivity index (χ0v) is 11.9. The topological polar surface area (TPSA) is 39.2 Å². The average molecular weight is 251 g/mol. The smallest absolute Gasteiger partial charge is 0.306 e. The fourth-order valence-electron chi connectivity index (χ4n) is 1.47. The monoisotopic (exact) mass is 251 g/mol. The van der Waals surface area contributed by atoms with Crippen molar-refractivity contribution < 1.29 is 9.53 Å². The molecule has 0 radical (unpaired) electrons. The summed E-state index contributed by atoms with van der Waals surface area (Å²) in [6.45, 7) is 7.22. The van der Waals surface area contributed by atoms with Crippen molar-refractivity contribution in [1.29, 1.82) is 0 Å². The van der Waals surface area contributed by atoms with Gasteiger partial charge in [0.1, 0.15) is 6.61 Å². The molecule has 0 aliphatic rings. The molecule has 1 heterocycles. The molecule has 0 unspecified atom stereocenters. The van der Waals surface area contributed by atoms with E-state index >= 15 is 0 Å². The number of hydrogen-bond acceptors (Lipinski definition) is 3. The van der Waals surface area contributed by atoms with E-state index in [2.05, 4.69) is 24.6 Å². The standard InChI is InChI=1S/C13H21NO2Si/c1-17(2,3)10-6-8-13(15)16-11-12-7-4-5-9-14-12/h4-5,7,9H,6,8,10-11H2,1-3H3. The van der Waals surface area contributed by atoms with E-state index in [9.17, 15) is 4.79 Å². The van der Waals surface area contributed by atoms with E-state index in [1.807, 2.05) is 18.2 Å². The number of nitrogens with zero attached hydrogens (tertiary/aromatic N) is 1. The molecule has 4 heteroatoms. The number of hydrogen-bond donors (Lipinski definition) is 0. The van der Waals surface area contributed by atoms with E-state index in [4.69, 9.17) is 4.74 Å². The predicted octanol–water partition coefficient (Wildman–Crippen LogP) is 3.24. The highest BCUT2D eigenvalue weighted by atomic mass is 28.3. The van der Waals surface area contributed by atoms with Crippen molar-refractivity contribution in [2.24, 2.45) is 0 Å². The van der Waals surface area contributed by atoms with Gasteiger partial charge >= 0.3 is 5.97 Å². The lowest BCUT2D eigenvalue weighted by Gasteiger charge is -2.14. The summed E-state index contributed by atoms with van der Waals surface area (Å²) >= 11 is 0. The normalized spacial score (nSPS) is 11.2. The Morgan fingerprint density at radius 1 is 1.35 bits per heavy atom. The Morgan fingerprint density at radius 3 is 2.71 bits per heavy atom. The number of ether oxygens (including phenoxy) is 1. The first-order valence-corrected chi connectivity index (χ1v) is 9.74. The molecule has 0 aliphatic carbocycles. The zero-order valence-electron chi connectivity index (χ0n) is 10.9. The molecule has 0 aromatic carbocycles. The van der Waals surface area contributed by atoms with Gasteiger partial charge in [-0.1, -0.05) is 31.8 Å². The van der Waals surface area contributed by atoms with Crippen LogP contribution in [0.15, 0.2) is 24.4 Å². The third-order valence-corrected chi connectivity index (χ3v) is 4.27. The first-order valence-electron chi connectivity index (χ1n) is 6.03. The highest BCUT2D eigenvalue weighted by molar-refractivity contribution is 6.76. The van der Waals surface area contributed by atoms with Crippen molar-refractivity contribution in [3.8, 4) is 0 Å². The van der Waals surface area contributed by atoms with Crippen LogP contribution in [-0.2, 0) is 16.1 Å². The van der Waals surface area contributed by atoms with Crippen LogP contribution >= 0.6 is 0 Å². The Balaban J connectivity index is 2.18. The minimum atomic E-state index is -1.03. The van der Waals surface area contributed by atoms with E-state index < -0.39 is 8.07 Å². The molecule has 0 saturated carbocycles. The maximum atomic E-state index is 11.5. The number of pyridine rings is 1. The van der Waals surface area contributed by atoms with Gasteiger partial charge in [0, 0.05) is 20.7 Å². The maximum absolute atomic E-state index is 11.5. The second kappa shape index (κ2) is 6.54. The van der Waals surface area contributed by atoms with Crippen LogP contribution in [0.2, 0.25) is 25.7 Å². The highest BCUT2D eigenvalue weighted by Gasteiger charge is 2.13. The molecule has 0 saturated heterocycles. The number of aromatic nitrogens is 1. The number of rotatable bonds is 6. The molecular weight excluding hydrogens is 230 g/mol. The van der Waals surface area contributed by atoms with Gasteiger partial charge in [0.25, 0.3) is 0 Å². The van der Waals surface area contributed by atoms with Crippen molar-refractivity contribution in [2.45, 2.75) is 45.1 Å². The molecule has 0 bridgehead atoms. The minimum Gasteiger partial charge on any atom is -0.459 e. The van der Waals surface area contributed by atoms with Gasteiger partial charge in [0.2, 0.25) is 0 Å². The molecule has 0 N–H and O–H groups in total. The van der Waals surface area contributed by atoms with E-state index in [0.717, 1.165) is 12.1 Å². The maximum Gasteiger partial charge on any atom is 0.306 e. The summed E-state index contributed by atoms with van der Waals surface area (Å²) in [5.74, 6) is -0.117. The van der Waals surface area contributed by atoms with Crippen LogP contribution in [0.3, 0.4) is 0 Å². The number of carbonyl (C=O) groups excluding carboxylic acids is 1. The Hall–Kier alpha value is -1.16. The lowest BCUT2D eigenvalue weighted by Crippen LogP contribution is -2.19. The molecule has 0 fully saturated rings. The van der Waals surface area contributed by atoms with Gasteiger partial charge in [-0.3, -0.25) is 9.78 Å².